The van der Waals surface area contributed by atoms with Gasteiger partial charge in [-0.05, 0) is 11.1 Å². The number of imide groups is 1. The lowest BCUT2D eigenvalue weighted by atomic mass is 10.1. The van der Waals surface area contributed by atoms with E-state index in [-0.39, 0.29) is 18.9 Å². The summed E-state index contributed by atoms with van der Waals surface area (Å²) in [6.07, 6.45) is -0.0281. The van der Waals surface area contributed by atoms with Gasteiger partial charge in [0, 0.05) is 20.5 Å². The molecule has 0 radical (unpaired) electrons. The van der Waals surface area contributed by atoms with Crippen molar-refractivity contribution in [3.8, 4) is 0 Å². The van der Waals surface area contributed by atoms with Gasteiger partial charge in [-0.2, -0.15) is 0 Å². The summed E-state index contributed by atoms with van der Waals surface area (Å²) in [4.78, 5) is 33.9. The Labute approximate surface area is 111 Å². The van der Waals surface area contributed by atoms with Crippen LogP contribution in [0.15, 0.2) is 24.3 Å². The number of benzene rings is 1. The predicted octanol–water partition coefficient (Wildman–Crippen LogP) is 1.00. The van der Waals surface area contributed by atoms with Gasteiger partial charge in [0.1, 0.15) is 0 Å². The highest BCUT2D eigenvalue weighted by Crippen LogP contribution is 2.05. The Morgan fingerprint density at radius 1 is 1.16 bits per heavy atom. The van der Waals surface area contributed by atoms with E-state index >= 15 is 0 Å². The van der Waals surface area contributed by atoms with Gasteiger partial charge in [-0.3, -0.25) is 14.5 Å². The van der Waals surface area contributed by atoms with Crippen molar-refractivity contribution in [2.45, 2.75) is 19.9 Å². The summed E-state index contributed by atoms with van der Waals surface area (Å²) < 4.78 is 0. The minimum absolute atomic E-state index is 0.0281. The number of rotatable bonds is 4. The number of nitrogens with zero attached hydrogens (tertiary/aromatic N) is 1. The van der Waals surface area contributed by atoms with E-state index < -0.39 is 12.0 Å². The maximum absolute atomic E-state index is 11.5. The smallest absolute Gasteiger partial charge is 0.324 e. The normalized spacial score (nSPS) is 9.79. The zero-order valence-corrected chi connectivity index (χ0v) is 10.8. The average molecular weight is 264 g/mol. The molecule has 0 bridgehead atoms. The summed E-state index contributed by atoms with van der Waals surface area (Å²) in [5, 5.41) is 11.2. The number of carbonyl (C=O) groups excluding carboxylic acids is 2. The van der Waals surface area contributed by atoms with Crippen molar-refractivity contribution in [2.24, 2.45) is 0 Å². The number of carboxylic acid groups (broad SMARTS) is 1. The minimum Gasteiger partial charge on any atom is -0.481 e. The number of aliphatic carboxylic acids is 1. The molecule has 0 heterocycles. The average Bonchev–Trinajstić information content (AvgIpc) is 2.35. The van der Waals surface area contributed by atoms with Crippen molar-refractivity contribution in [1.29, 1.82) is 0 Å². The Hall–Kier alpha value is -2.37. The third-order valence-electron chi connectivity index (χ3n) is 2.60. The highest BCUT2D eigenvalue weighted by molar-refractivity contribution is 5.92. The molecule has 1 aromatic carbocycles. The molecular weight excluding hydrogens is 248 g/mol. The number of urea groups is 1. The van der Waals surface area contributed by atoms with E-state index in [1.54, 1.807) is 24.3 Å². The Morgan fingerprint density at radius 2 is 1.68 bits per heavy atom. The van der Waals surface area contributed by atoms with Crippen LogP contribution in [0.4, 0.5) is 4.79 Å². The van der Waals surface area contributed by atoms with E-state index in [0.717, 1.165) is 10.5 Å². The van der Waals surface area contributed by atoms with Gasteiger partial charge in [-0.25, -0.2) is 4.79 Å². The summed E-state index contributed by atoms with van der Waals surface area (Å²) in [7, 11) is 1.40. The van der Waals surface area contributed by atoms with E-state index in [0.29, 0.717) is 5.56 Å². The lowest BCUT2D eigenvalue weighted by molar-refractivity contribution is -0.136. The van der Waals surface area contributed by atoms with Gasteiger partial charge in [0.05, 0.1) is 6.42 Å². The van der Waals surface area contributed by atoms with E-state index in [4.69, 9.17) is 5.11 Å². The van der Waals surface area contributed by atoms with Gasteiger partial charge in [0.25, 0.3) is 0 Å². The molecule has 2 N–H and O–H groups in total. The van der Waals surface area contributed by atoms with Gasteiger partial charge >= 0.3 is 12.0 Å². The minimum atomic E-state index is -0.885. The Morgan fingerprint density at radius 3 is 2.16 bits per heavy atom. The van der Waals surface area contributed by atoms with Crippen molar-refractivity contribution >= 4 is 17.9 Å². The number of hydrogen-bond donors (Lipinski definition) is 2. The van der Waals surface area contributed by atoms with E-state index in [1.807, 2.05) is 0 Å². The highest BCUT2D eigenvalue weighted by atomic mass is 16.4. The molecule has 3 amide bonds. The van der Waals surface area contributed by atoms with Gasteiger partial charge in [0.15, 0.2) is 0 Å². The second-order valence-electron chi connectivity index (χ2n) is 4.12. The fraction of sp³-hybridized carbons (Fsp3) is 0.308. The molecule has 0 aliphatic carbocycles. The van der Waals surface area contributed by atoms with Crippen molar-refractivity contribution in [1.82, 2.24) is 10.2 Å². The summed E-state index contributed by atoms with van der Waals surface area (Å²) in [6, 6.07) is 6.41. The molecule has 19 heavy (non-hydrogen) atoms. The third-order valence-corrected chi connectivity index (χ3v) is 2.60. The van der Waals surface area contributed by atoms with Crippen LogP contribution < -0.4 is 5.32 Å². The van der Waals surface area contributed by atoms with Crippen molar-refractivity contribution in [3.63, 3.8) is 0 Å². The first-order valence-corrected chi connectivity index (χ1v) is 5.72. The topological polar surface area (TPSA) is 86.7 Å². The molecule has 1 rings (SSSR count). The molecule has 6 nitrogen and oxygen atoms in total. The molecule has 0 unspecified atom stereocenters. The Kier molecular flexibility index (Phi) is 5.05. The van der Waals surface area contributed by atoms with Crippen molar-refractivity contribution in [3.05, 3.63) is 35.4 Å². The fourth-order valence-electron chi connectivity index (χ4n) is 1.39. The molecule has 1 aromatic rings. The summed E-state index contributed by atoms with van der Waals surface area (Å²) in [5.41, 5.74) is 1.53. The van der Waals surface area contributed by atoms with Crippen LogP contribution in [0.2, 0.25) is 0 Å². The molecule has 0 atom stereocenters. The number of carboxylic acids is 1. The van der Waals surface area contributed by atoms with Crippen LogP contribution in [0.3, 0.4) is 0 Å². The number of nitrogens with one attached hydrogen (secondary N) is 1. The lowest BCUT2D eigenvalue weighted by Crippen LogP contribution is -2.39. The Balaban J connectivity index is 2.52. The molecule has 0 fully saturated rings. The van der Waals surface area contributed by atoms with Crippen LogP contribution >= 0.6 is 0 Å². The van der Waals surface area contributed by atoms with Crippen LogP contribution in [0.1, 0.15) is 18.1 Å². The van der Waals surface area contributed by atoms with Crippen LogP contribution in [-0.2, 0) is 22.6 Å². The maximum Gasteiger partial charge on any atom is 0.324 e. The quantitative estimate of drug-likeness (QED) is 0.849. The molecule has 0 aliphatic heterocycles. The summed E-state index contributed by atoms with van der Waals surface area (Å²) >= 11 is 0. The van der Waals surface area contributed by atoms with E-state index in [9.17, 15) is 14.4 Å². The van der Waals surface area contributed by atoms with Crippen LogP contribution in [0.5, 0.6) is 0 Å². The molecule has 0 aromatic heterocycles. The van der Waals surface area contributed by atoms with Crippen LogP contribution in [0, 0.1) is 0 Å². The monoisotopic (exact) mass is 264 g/mol. The predicted molar refractivity (Wildman–Crippen MR) is 68.5 cm³/mol. The first kappa shape index (κ1) is 14.7. The fourth-order valence-corrected chi connectivity index (χ4v) is 1.39. The van der Waals surface area contributed by atoms with Gasteiger partial charge in [-0.1, -0.05) is 24.3 Å². The summed E-state index contributed by atoms with van der Waals surface area (Å²) in [6.45, 7) is 1.59. The second kappa shape index (κ2) is 6.53. The van der Waals surface area contributed by atoms with Gasteiger partial charge < -0.3 is 10.4 Å². The highest BCUT2D eigenvalue weighted by Gasteiger charge is 2.11. The zero-order valence-electron chi connectivity index (χ0n) is 10.8. The first-order chi connectivity index (χ1) is 8.90. The molecule has 0 saturated carbocycles. The zero-order chi connectivity index (χ0) is 14.4. The standard InChI is InChI=1S/C13H16N2O4/c1-9(16)15(2)13(19)14-8-11-5-3-10(4-6-11)7-12(17)18/h3-6H,7-8H2,1-2H3,(H,14,19)(H,17,18). The molecular formula is C13H16N2O4. The van der Waals surface area contributed by atoms with Crippen molar-refractivity contribution < 1.29 is 19.5 Å². The third kappa shape index (κ3) is 4.79. The first-order valence-electron chi connectivity index (χ1n) is 5.72. The largest absolute Gasteiger partial charge is 0.481 e. The Bertz CT molecular complexity index is 482. The number of carbonyl (C=O) groups is 3. The lowest BCUT2D eigenvalue weighted by Gasteiger charge is -2.14. The molecule has 6 heteroatoms. The van der Waals surface area contributed by atoms with Gasteiger partial charge in [-0.15, -0.1) is 0 Å². The van der Waals surface area contributed by atoms with Crippen LogP contribution in [-0.4, -0.2) is 35.0 Å². The SMILES string of the molecule is CC(=O)N(C)C(=O)NCc1ccc(CC(=O)O)cc1. The summed E-state index contributed by atoms with van der Waals surface area (Å²) in [5.74, 6) is -1.22. The van der Waals surface area contributed by atoms with Crippen LogP contribution in [0.25, 0.3) is 0 Å². The number of hydrogen-bond acceptors (Lipinski definition) is 3. The van der Waals surface area contributed by atoms with E-state index in [2.05, 4.69) is 5.32 Å². The molecule has 0 saturated heterocycles. The van der Waals surface area contributed by atoms with Crippen molar-refractivity contribution in [2.75, 3.05) is 7.05 Å². The second-order valence-corrected chi connectivity index (χ2v) is 4.12. The molecule has 0 aliphatic rings. The molecule has 0 spiro atoms. The van der Waals surface area contributed by atoms with Gasteiger partial charge in [0.2, 0.25) is 5.91 Å². The van der Waals surface area contributed by atoms with E-state index in [1.165, 1.54) is 14.0 Å². The maximum atomic E-state index is 11.5. The number of amides is 3. The molecule has 102 valence electrons.